The first-order valence-electron chi connectivity index (χ1n) is 6.20. The topological polar surface area (TPSA) is 95.0 Å². The van der Waals surface area contributed by atoms with Gasteiger partial charge in [0, 0.05) is 13.1 Å². The fourth-order valence-corrected chi connectivity index (χ4v) is 3.44. The summed E-state index contributed by atoms with van der Waals surface area (Å²) in [6.45, 7) is 3.71. The molecule has 1 heterocycles. The van der Waals surface area contributed by atoms with Crippen molar-refractivity contribution in [2.45, 2.75) is 20.3 Å². The standard InChI is InChI=1S/C11H20N2O5S/c1-9(2)6-12(8-11(15)16)10(14)7-13-4-3-5-19(13,17)18/h9H,3-8H2,1-2H3,(H,15,16). The van der Waals surface area contributed by atoms with Gasteiger partial charge in [-0.25, -0.2) is 8.42 Å². The predicted molar refractivity (Wildman–Crippen MR) is 69.0 cm³/mol. The average Bonchev–Trinajstić information content (AvgIpc) is 2.56. The fourth-order valence-electron chi connectivity index (χ4n) is 1.98. The van der Waals surface area contributed by atoms with Crippen LogP contribution in [-0.4, -0.2) is 66.5 Å². The zero-order valence-electron chi connectivity index (χ0n) is 11.2. The highest BCUT2D eigenvalue weighted by atomic mass is 32.2. The van der Waals surface area contributed by atoms with Crippen LogP contribution in [0.3, 0.4) is 0 Å². The van der Waals surface area contributed by atoms with Crippen LogP contribution >= 0.6 is 0 Å². The number of carbonyl (C=O) groups is 2. The average molecular weight is 292 g/mol. The number of hydrogen-bond donors (Lipinski definition) is 1. The molecule has 7 nitrogen and oxygen atoms in total. The lowest BCUT2D eigenvalue weighted by atomic mass is 10.2. The smallest absolute Gasteiger partial charge is 0.323 e. The molecule has 8 heteroatoms. The number of carbonyl (C=O) groups excluding carboxylic acids is 1. The lowest BCUT2D eigenvalue weighted by Gasteiger charge is -2.24. The van der Waals surface area contributed by atoms with Crippen LogP contribution in [0.2, 0.25) is 0 Å². The highest BCUT2D eigenvalue weighted by Crippen LogP contribution is 2.13. The molecule has 0 aromatic rings. The molecule has 0 aromatic heterocycles. The highest BCUT2D eigenvalue weighted by Gasteiger charge is 2.31. The summed E-state index contributed by atoms with van der Waals surface area (Å²) >= 11 is 0. The third-order valence-electron chi connectivity index (χ3n) is 2.78. The second-order valence-corrected chi connectivity index (χ2v) is 7.15. The molecule has 0 unspecified atom stereocenters. The van der Waals surface area contributed by atoms with E-state index in [1.54, 1.807) is 0 Å². The van der Waals surface area contributed by atoms with Crippen molar-refractivity contribution in [1.29, 1.82) is 0 Å². The number of sulfonamides is 1. The monoisotopic (exact) mass is 292 g/mol. The van der Waals surface area contributed by atoms with Crippen molar-refractivity contribution in [3.63, 3.8) is 0 Å². The van der Waals surface area contributed by atoms with Crippen molar-refractivity contribution < 1.29 is 23.1 Å². The first kappa shape index (κ1) is 15.9. The first-order chi connectivity index (χ1) is 8.72. The second kappa shape index (κ2) is 6.33. The van der Waals surface area contributed by atoms with Gasteiger partial charge in [-0.2, -0.15) is 4.31 Å². The normalized spacial score (nSPS) is 18.7. The van der Waals surface area contributed by atoms with E-state index < -0.39 is 28.4 Å². The minimum absolute atomic E-state index is 0.0589. The third-order valence-corrected chi connectivity index (χ3v) is 4.68. The molecule has 0 saturated carbocycles. The molecular weight excluding hydrogens is 272 g/mol. The minimum atomic E-state index is -3.33. The molecule has 1 N–H and O–H groups in total. The summed E-state index contributed by atoms with van der Waals surface area (Å²) in [5.74, 6) is -1.37. The van der Waals surface area contributed by atoms with E-state index in [1.807, 2.05) is 13.8 Å². The Morgan fingerprint density at radius 2 is 2.00 bits per heavy atom. The predicted octanol–water partition coefficient (Wildman–Crippen LogP) is -0.409. The number of hydrogen-bond acceptors (Lipinski definition) is 4. The number of nitrogens with zero attached hydrogens (tertiary/aromatic N) is 2. The molecule has 19 heavy (non-hydrogen) atoms. The molecule has 0 atom stereocenters. The summed E-state index contributed by atoms with van der Waals surface area (Å²) in [6, 6.07) is 0. The zero-order valence-corrected chi connectivity index (χ0v) is 12.0. The molecule has 1 aliphatic rings. The van der Waals surface area contributed by atoms with Gasteiger partial charge in [-0.1, -0.05) is 13.8 Å². The van der Waals surface area contributed by atoms with Gasteiger partial charge < -0.3 is 10.0 Å². The van der Waals surface area contributed by atoms with Gasteiger partial charge in [0.05, 0.1) is 12.3 Å². The van der Waals surface area contributed by atoms with E-state index >= 15 is 0 Å². The summed E-state index contributed by atoms with van der Waals surface area (Å²) in [4.78, 5) is 23.9. The van der Waals surface area contributed by atoms with E-state index in [0.717, 1.165) is 4.31 Å². The molecule has 0 radical (unpaired) electrons. The number of carboxylic acids is 1. The Labute approximate surface area is 113 Å². The van der Waals surface area contributed by atoms with Crippen LogP contribution in [0.1, 0.15) is 20.3 Å². The van der Waals surface area contributed by atoms with Gasteiger partial charge >= 0.3 is 5.97 Å². The summed E-state index contributed by atoms with van der Waals surface area (Å²) in [5, 5.41) is 8.78. The number of carboxylic acid groups (broad SMARTS) is 1. The van der Waals surface area contributed by atoms with Gasteiger partial charge in [0.2, 0.25) is 15.9 Å². The minimum Gasteiger partial charge on any atom is -0.480 e. The Kier molecular flexibility index (Phi) is 5.30. The van der Waals surface area contributed by atoms with Crippen molar-refractivity contribution in [3.05, 3.63) is 0 Å². The Balaban J connectivity index is 2.68. The third kappa shape index (κ3) is 4.79. The first-order valence-corrected chi connectivity index (χ1v) is 7.80. The molecule has 0 aromatic carbocycles. The quantitative estimate of drug-likeness (QED) is 0.718. The molecule has 1 fully saturated rings. The highest BCUT2D eigenvalue weighted by molar-refractivity contribution is 7.89. The van der Waals surface area contributed by atoms with Crippen LogP contribution in [0.15, 0.2) is 0 Å². The van der Waals surface area contributed by atoms with Crippen molar-refractivity contribution in [1.82, 2.24) is 9.21 Å². The van der Waals surface area contributed by atoms with Crippen LogP contribution in [0.4, 0.5) is 0 Å². The van der Waals surface area contributed by atoms with Crippen LogP contribution < -0.4 is 0 Å². The molecule has 1 amide bonds. The second-order valence-electron chi connectivity index (χ2n) is 5.06. The molecule has 1 aliphatic heterocycles. The van der Waals surface area contributed by atoms with Crippen LogP contribution in [0.5, 0.6) is 0 Å². The van der Waals surface area contributed by atoms with Gasteiger partial charge in [-0.3, -0.25) is 9.59 Å². The van der Waals surface area contributed by atoms with Gasteiger partial charge in [0.1, 0.15) is 6.54 Å². The van der Waals surface area contributed by atoms with Crippen molar-refractivity contribution in [3.8, 4) is 0 Å². The molecule has 0 aliphatic carbocycles. The SMILES string of the molecule is CC(C)CN(CC(=O)O)C(=O)CN1CCCS1(=O)=O. The summed E-state index contributed by atoms with van der Waals surface area (Å²) < 4.78 is 24.3. The van der Waals surface area contributed by atoms with Crippen LogP contribution in [0.25, 0.3) is 0 Å². The molecule has 110 valence electrons. The van der Waals surface area contributed by atoms with Crippen LogP contribution in [-0.2, 0) is 19.6 Å². The lowest BCUT2D eigenvalue weighted by Crippen LogP contribution is -2.44. The lowest BCUT2D eigenvalue weighted by molar-refractivity contribution is -0.144. The van der Waals surface area contributed by atoms with Gasteiger partial charge in [0.15, 0.2) is 0 Å². The summed E-state index contributed by atoms with van der Waals surface area (Å²) in [6.07, 6.45) is 0.513. The van der Waals surface area contributed by atoms with E-state index in [9.17, 15) is 18.0 Å². The number of aliphatic carboxylic acids is 1. The maximum atomic E-state index is 12.0. The van der Waals surface area contributed by atoms with Crippen LogP contribution in [0, 0.1) is 5.92 Å². The summed E-state index contributed by atoms with van der Waals surface area (Å²) in [7, 11) is -3.33. The van der Waals surface area contributed by atoms with Crippen molar-refractivity contribution in [2.75, 3.05) is 31.9 Å². The summed E-state index contributed by atoms with van der Waals surface area (Å²) in [5.41, 5.74) is 0. The number of amides is 1. The molecule has 0 spiro atoms. The maximum absolute atomic E-state index is 12.0. The van der Waals surface area contributed by atoms with Gasteiger partial charge in [-0.15, -0.1) is 0 Å². The van der Waals surface area contributed by atoms with E-state index in [2.05, 4.69) is 0 Å². The zero-order chi connectivity index (χ0) is 14.6. The molecular formula is C11H20N2O5S. The Bertz CT molecular complexity index is 446. The van der Waals surface area contributed by atoms with Gasteiger partial charge in [0.25, 0.3) is 0 Å². The Hall–Kier alpha value is -1.15. The van der Waals surface area contributed by atoms with E-state index in [1.165, 1.54) is 4.90 Å². The van der Waals surface area contributed by atoms with Crippen molar-refractivity contribution >= 4 is 21.9 Å². The molecule has 1 saturated heterocycles. The van der Waals surface area contributed by atoms with Gasteiger partial charge in [-0.05, 0) is 12.3 Å². The van der Waals surface area contributed by atoms with E-state index in [-0.39, 0.29) is 18.2 Å². The molecule has 1 rings (SSSR count). The number of rotatable bonds is 6. The molecule has 0 bridgehead atoms. The van der Waals surface area contributed by atoms with E-state index in [0.29, 0.717) is 19.5 Å². The maximum Gasteiger partial charge on any atom is 0.323 e. The Morgan fingerprint density at radius 3 is 2.42 bits per heavy atom. The van der Waals surface area contributed by atoms with Crippen molar-refractivity contribution in [2.24, 2.45) is 5.92 Å². The van der Waals surface area contributed by atoms with E-state index in [4.69, 9.17) is 5.11 Å². The Morgan fingerprint density at radius 1 is 1.37 bits per heavy atom. The fraction of sp³-hybridized carbons (Fsp3) is 0.818. The largest absolute Gasteiger partial charge is 0.480 e.